The van der Waals surface area contributed by atoms with E-state index in [1.807, 2.05) is 17.1 Å². The summed E-state index contributed by atoms with van der Waals surface area (Å²) in [6.45, 7) is 8.61. The SMILES string of the molecule is C=C[N+]1(c2nc(N)nc3cnn(Cc4ncc(C5CCNCC5)cc4OC)c23)CCCCC1. The highest BCUT2D eigenvalue weighted by atomic mass is 16.5. The minimum Gasteiger partial charge on any atom is -0.495 e. The lowest BCUT2D eigenvalue weighted by Gasteiger charge is -2.36. The number of pyridine rings is 1. The highest BCUT2D eigenvalue weighted by Gasteiger charge is 2.36. The van der Waals surface area contributed by atoms with E-state index in [1.165, 1.54) is 12.0 Å². The van der Waals surface area contributed by atoms with Gasteiger partial charge in [0, 0.05) is 6.20 Å². The van der Waals surface area contributed by atoms with Crippen LogP contribution in [0.1, 0.15) is 49.3 Å². The third-order valence-corrected chi connectivity index (χ3v) is 7.15. The van der Waals surface area contributed by atoms with Gasteiger partial charge in [-0.05, 0) is 69.3 Å². The zero-order valence-corrected chi connectivity index (χ0v) is 19.3. The van der Waals surface area contributed by atoms with Crippen molar-refractivity contribution in [2.24, 2.45) is 0 Å². The molecule has 174 valence electrons. The molecule has 5 rings (SSSR count). The minimum absolute atomic E-state index is 0.268. The Morgan fingerprint density at radius 1 is 1.21 bits per heavy atom. The van der Waals surface area contributed by atoms with E-state index in [0.717, 1.165) is 80.2 Å². The standard InChI is InChI=1S/C24H33N8O/c1-3-32(11-5-4-6-12-32)23-22-19(29-24(25)30-23)15-28-31(22)16-20-21(33-2)13-18(14-27-20)17-7-9-26-10-8-17/h3,13-15,17,26H,1,4-12,16H2,2H3,(H2,25,29,30)/q+1. The highest BCUT2D eigenvalue weighted by molar-refractivity contribution is 5.86. The first-order chi connectivity index (χ1) is 16.1. The van der Waals surface area contributed by atoms with Crippen LogP contribution >= 0.6 is 0 Å². The van der Waals surface area contributed by atoms with Gasteiger partial charge in [0.1, 0.15) is 17.0 Å². The largest absolute Gasteiger partial charge is 0.495 e. The number of nitrogens with one attached hydrogen (secondary N) is 1. The van der Waals surface area contributed by atoms with Crippen LogP contribution in [0.5, 0.6) is 5.75 Å². The summed E-state index contributed by atoms with van der Waals surface area (Å²) in [5.41, 5.74) is 9.81. The Balaban J connectivity index is 1.54. The fourth-order valence-corrected chi connectivity index (χ4v) is 5.29. The van der Waals surface area contributed by atoms with Crippen molar-refractivity contribution < 1.29 is 4.74 Å². The summed E-state index contributed by atoms with van der Waals surface area (Å²) < 4.78 is 8.27. The van der Waals surface area contributed by atoms with Crippen LogP contribution in [-0.2, 0) is 6.54 Å². The third-order valence-electron chi connectivity index (χ3n) is 7.15. The monoisotopic (exact) mass is 449 g/mol. The number of nitrogen functional groups attached to an aromatic ring is 1. The molecule has 0 saturated carbocycles. The lowest BCUT2D eigenvalue weighted by molar-refractivity contribution is 0.301. The lowest BCUT2D eigenvalue weighted by atomic mass is 9.91. The predicted molar refractivity (Wildman–Crippen MR) is 130 cm³/mol. The van der Waals surface area contributed by atoms with Crippen molar-refractivity contribution >= 4 is 22.8 Å². The van der Waals surface area contributed by atoms with Crippen LogP contribution in [0, 0.1) is 0 Å². The fourth-order valence-electron chi connectivity index (χ4n) is 5.29. The second kappa shape index (κ2) is 9.07. The molecule has 2 fully saturated rings. The van der Waals surface area contributed by atoms with Crippen molar-refractivity contribution in [3.63, 3.8) is 0 Å². The summed E-state index contributed by atoms with van der Waals surface area (Å²) in [4.78, 5) is 14.0. The quantitative estimate of drug-likeness (QED) is 0.558. The Bertz CT molecular complexity index is 1140. The maximum atomic E-state index is 6.10. The topological polar surface area (TPSA) is 104 Å². The van der Waals surface area contributed by atoms with Gasteiger partial charge in [0.25, 0.3) is 5.82 Å². The molecule has 2 saturated heterocycles. The number of likely N-dealkylation sites (tertiary alicyclic amines) is 1. The third kappa shape index (κ3) is 4.06. The molecule has 0 spiro atoms. The number of piperidine rings is 2. The number of hydrogen-bond acceptors (Lipinski definition) is 7. The Labute approximate surface area is 194 Å². The summed E-state index contributed by atoms with van der Waals surface area (Å²) in [7, 11) is 1.70. The number of anilines is 1. The number of ether oxygens (including phenoxy) is 1. The molecule has 0 bridgehead atoms. The van der Waals surface area contributed by atoms with E-state index in [1.54, 1.807) is 13.3 Å². The number of aromatic nitrogens is 5. The number of methoxy groups -OCH3 is 1. The first-order valence-electron chi connectivity index (χ1n) is 11.9. The zero-order chi connectivity index (χ0) is 22.8. The predicted octanol–water partition coefficient (Wildman–Crippen LogP) is 2.96. The molecule has 33 heavy (non-hydrogen) atoms. The summed E-state index contributed by atoms with van der Waals surface area (Å²) >= 11 is 0. The second-order valence-corrected chi connectivity index (χ2v) is 9.11. The maximum absolute atomic E-state index is 6.10. The molecule has 0 unspecified atom stereocenters. The molecule has 2 aliphatic heterocycles. The summed E-state index contributed by atoms with van der Waals surface area (Å²) in [5, 5.41) is 8.07. The molecule has 3 aromatic rings. The van der Waals surface area contributed by atoms with Gasteiger partial charge in [-0.25, -0.2) is 14.1 Å². The normalized spacial score (nSPS) is 18.9. The first kappa shape index (κ1) is 21.8. The van der Waals surface area contributed by atoms with E-state index < -0.39 is 0 Å². The van der Waals surface area contributed by atoms with Crippen molar-refractivity contribution in [1.29, 1.82) is 0 Å². The van der Waals surface area contributed by atoms with Crippen LogP contribution in [0.4, 0.5) is 11.8 Å². The van der Waals surface area contributed by atoms with Gasteiger partial charge >= 0.3 is 0 Å². The number of fused-ring (bicyclic) bond motifs is 1. The van der Waals surface area contributed by atoms with E-state index in [4.69, 9.17) is 20.4 Å². The number of quaternary nitrogens is 1. The molecule has 2 aliphatic rings. The van der Waals surface area contributed by atoms with E-state index in [2.05, 4.69) is 28.0 Å². The van der Waals surface area contributed by atoms with Crippen molar-refractivity contribution in [1.82, 2.24) is 34.5 Å². The van der Waals surface area contributed by atoms with Gasteiger partial charge in [0.2, 0.25) is 5.95 Å². The Morgan fingerprint density at radius 3 is 2.73 bits per heavy atom. The molecule has 3 N–H and O–H groups in total. The highest BCUT2D eigenvalue weighted by Crippen LogP contribution is 2.35. The van der Waals surface area contributed by atoms with E-state index in [9.17, 15) is 0 Å². The van der Waals surface area contributed by atoms with Crippen molar-refractivity contribution in [2.75, 3.05) is 39.0 Å². The Morgan fingerprint density at radius 2 is 2.00 bits per heavy atom. The van der Waals surface area contributed by atoms with Crippen LogP contribution in [-0.4, -0.2) is 58.0 Å². The summed E-state index contributed by atoms with van der Waals surface area (Å²) in [6.07, 6.45) is 11.5. The van der Waals surface area contributed by atoms with Crippen LogP contribution in [0.25, 0.3) is 11.0 Å². The Hall–Kier alpha value is -3.04. The van der Waals surface area contributed by atoms with Crippen molar-refractivity contribution in [3.8, 4) is 5.75 Å². The molecule has 0 amide bonds. The summed E-state index contributed by atoms with van der Waals surface area (Å²) in [5.74, 6) is 2.45. The van der Waals surface area contributed by atoms with Crippen molar-refractivity contribution in [2.45, 2.75) is 44.6 Å². The molecular weight excluding hydrogens is 416 g/mol. The van der Waals surface area contributed by atoms with Crippen LogP contribution in [0.2, 0.25) is 0 Å². The van der Waals surface area contributed by atoms with Gasteiger partial charge in [-0.15, -0.1) is 0 Å². The zero-order valence-electron chi connectivity index (χ0n) is 19.3. The molecule has 5 heterocycles. The molecule has 9 nitrogen and oxygen atoms in total. The van der Waals surface area contributed by atoms with E-state index in [-0.39, 0.29) is 5.95 Å². The molecule has 0 aliphatic carbocycles. The van der Waals surface area contributed by atoms with Gasteiger partial charge < -0.3 is 15.8 Å². The molecular formula is C24H33N8O+. The van der Waals surface area contributed by atoms with Crippen molar-refractivity contribution in [3.05, 3.63) is 42.5 Å². The molecule has 0 atom stereocenters. The van der Waals surface area contributed by atoms with Gasteiger partial charge in [0.15, 0.2) is 5.52 Å². The number of nitrogens with zero attached hydrogens (tertiary/aromatic N) is 6. The van der Waals surface area contributed by atoms with Gasteiger partial charge in [-0.1, -0.05) is 0 Å². The summed E-state index contributed by atoms with van der Waals surface area (Å²) in [6, 6.07) is 2.14. The number of nitrogens with two attached hydrogens (primary N) is 1. The molecule has 9 heteroatoms. The van der Waals surface area contributed by atoms with E-state index >= 15 is 0 Å². The smallest absolute Gasteiger partial charge is 0.263 e. The Kier molecular flexibility index (Phi) is 5.99. The second-order valence-electron chi connectivity index (χ2n) is 9.11. The fraction of sp³-hybridized carbons (Fsp3) is 0.500. The van der Waals surface area contributed by atoms with Gasteiger partial charge in [-0.3, -0.25) is 4.98 Å². The van der Waals surface area contributed by atoms with Gasteiger partial charge in [0.05, 0.1) is 39.1 Å². The number of hydrogen-bond donors (Lipinski definition) is 2. The van der Waals surface area contributed by atoms with E-state index in [0.29, 0.717) is 16.9 Å². The van der Waals surface area contributed by atoms with Gasteiger partial charge in [-0.2, -0.15) is 10.1 Å². The average molecular weight is 450 g/mol. The first-order valence-corrected chi connectivity index (χ1v) is 11.9. The molecule has 0 aromatic carbocycles. The average Bonchev–Trinajstić information content (AvgIpc) is 3.26. The molecule has 0 radical (unpaired) electrons. The van der Waals surface area contributed by atoms with Crippen LogP contribution < -0.4 is 20.3 Å². The van der Waals surface area contributed by atoms with Crippen LogP contribution in [0.3, 0.4) is 0 Å². The minimum atomic E-state index is 0.268. The maximum Gasteiger partial charge on any atom is 0.263 e. The van der Waals surface area contributed by atoms with Crippen LogP contribution in [0.15, 0.2) is 31.2 Å². The lowest BCUT2D eigenvalue weighted by Crippen LogP contribution is -2.48. The molecule has 3 aromatic heterocycles. The number of rotatable bonds is 6.